The van der Waals surface area contributed by atoms with E-state index < -0.39 is 0 Å². The molecular formula is C11H22ClN. The quantitative estimate of drug-likeness (QED) is 0.691. The summed E-state index contributed by atoms with van der Waals surface area (Å²) >= 11 is 0. The van der Waals surface area contributed by atoms with Crippen LogP contribution < -0.4 is 5.32 Å². The lowest BCUT2D eigenvalue weighted by molar-refractivity contribution is 0.258. The molecule has 2 heteroatoms. The van der Waals surface area contributed by atoms with Gasteiger partial charge in [-0.3, -0.25) is 0 Å². The van der Waals surface area contributed by atoms with Crippen molar-refractivity contribution in [3.8, 4) is 0 Å². The van der Waals surface area contributed by atoms with Crippen molar-refractivity contribution in [2.24, 2.45) is 5.92 Å². The molecule has 1 heterocycles. The Balaban J connectivity index is 0.000000845. The van der Waals surface area contributed by atoms with Crippen LogP contribution in [0.15, 0.2) is 0 Å². The van der Waals surface area contributed by atoms with Crippen LogP contribution in [0, 0.1) is 5.92 Å². The normalized spacial score (nSPS) is 35.8. The molecule has 1 N–H and O–H groups in total. The lowest BCUT2D eigenvalue weighted by Crippen LogP contribution is -2.44. The topological polar surface area (TPSA) is 12.0 Å². The number of hydrogen-bond donors (Lipinski definition) is 1. The highest BCUT2D eigenvalue weighted by molar-refractivity contribution is 5.85. The van der Waals surface area contributed by atoms with Crippen molar-refractivity contribution >= 4 is 12.4 Å². The van der Waals surface area contributed by atoms with Gasteiger partial charge in [-0.15, -0.1) is 12.4 Å². The van der Waals surface area contributed by atoms with Crippen molar-refractivity contribution in [1.29, 1.82) is 0 Å². The summed E-state index contributed by atoms with van der Waals surface area (Å²) in [5, 5.41) is 3.76. The van der Waals surface area contributed by atoms with Gasteiger partial charge in [0, 0.05) is 12.1 Å². The van der Waals surface area contributed by atoms with Gasteiger partial charge in [0.05, 0.1) is 0 Å². The van der Waals surface area contributed by atoms with Gasteiger partial charge in [-0.25, -0.2) is 0 Å². The molecule has 2 aliphatic rings. The van der Waals surface area contributed by atoms with Crippen LogP contribution in [0.1, 0.15) is 51.9 Å². The summed E-state index contributed by atoms with van der Waals surface area (Å²) in [6.07, 6.45) is 10.2. The molecule has 1 aliphatic carbocycles. The molecule has 1 aliphatic heterocycles. The Morgan fingerprint density at radius 1 is 0.923 bits per heavy atom. The zero-order valence-electron chi connectivity index (χ0n) is 8.59. The van der Waals surface area contributed by atoms with Gasteiger partial charge in [-0.2, -0.15) is 0 Å². The lowest BCUT2D eigenvalue weighted by atomic mass is 9.89. The average Bonchev–Trinajstić information content (AvgIpc) is 2.56. The predicted molar refractivity (Wildman–Crippen MR) is 59.4 cm³/mol. The third kappa shape index (κ3) is 2.85. The molecule has 2 fully saturated rings. The molecule has 2 unspecified atom stereocenters. The molecule has 13 heavy (non-hydrogen) atoms. The van der Waals surface area contributed by atoms with Gasteiger partial charge in [0.15, 0.2) is 0 Å². The van der Waals surface area contributed by atoms with E-state index in [4.69, 9.17) is 0 Å². The van der Waals surface area contributed by atoms with E-state index in [9.17, 15) is 0 Å². The minimum absolute atomic E-state index is 0. The minimum atomic E-state index is 0. The highest BCUT2D eigenvalue weighted by Gasteiger charge is 2.27. The van der Waals surface area contributed by atoms with Gasteiger partial charge in [-0.1, -0.05) is 19.3 Å². The van der Waals surface area contributed by atoms with Crippen LogP contribution in [-0.4, -0.2) is 12.1 Å². The highest BCUT2D eigenvalue weighted by atomic mass is 35.5. The van der Waals surface area contributed by atoms with Crippen molar-refractivity contribution in [3.05, 3.63) is 0 Å². The second-order valence-corrected chi connectivity index (χ2v) is 4.65. The van der Waals surface area contributed by atoms with Gasteiger partial charge in [0.1, 0.15) is 0 Å². The summed E-state index contributed by atoms with van der Waals surface area (Å²) < 4.78 is 0. The summed E-state index contributed by atoms with van der Waals surface area (Å²) in [7, 11) is 0. The monoisotopic (exact) mass is 203 g/mol. The Bertz CT molecular complexity index is 143. The number of halogens is 1. The van der Waals surface area contributed by atoms with Crippen LogP contribution in [0.25, 0.3) is 0 Å². The van der Waals surface area contributed by atoms with Crippen LogP contribution in [0.4, 0.5) is 0 Å². The van der Waals surface area contributed by atoms with E-state index in [1.54, 1.807) is 0 Å². The maximum Gasteiger partial charge on any atom is 0.00978 e. The molecule has 0 bridgehead atoms. The molecule has 2 atom stereocenters. The first-order chi connectivity index (χ1) is 5.86. The summed E-state index contributed by atoms with van der Waals surface area (Å²) in [6.45, 7) is 2.33. The van der Waals surface area contributed by atoms with Crippen molar-refractivity contribution in [2.75, 3.05) is 0 Å². The molecule has 1 saturated heterocycles. The predicted octanol–water partition coefficient (Wildman–Crippen LogP) is 3.13. The Morgan fingerprint density at radius 3 is 2.23 bits per heavy atom. The van der Waals surface area contributed by atoms with Gasteiger partial charge in [-0.05, 0) is 38.5 Å². The largest absolute Gasteiger partial charge is 0.311 e. The van der Waals surface area contributed by atoms with E-state index in [-0.39, 0.29) is 12.4 Å². The van der Waals surface area contributed by atoms with E-state index in [1.165, 1.54) is 44.9 Å². The molecule has 0 aromatic rings. The van der Waals surface area contributed by atoms with Gasteiger partial charge in [0.2, 0.25) is 0 Å². The molecule has 1 nitrogen and oxygen atoms in total. The highest BCUT2D eigenvalue weighted by Crippen LogP contribution is 2.31. The second kappa shape index (κ2) is 5.21. The van der Waals surface area contributed by atoms with E-state index >= 15 is 0 Å². The standard InChI is InChI=1S/C11H21N.ClH/c1-9-5-4-8-11(12-9)10-6-2-3-7-10;/h9-12H,2-8H2,1H3;1H. The Kier molecular flexibility index (Phi) is 4.54. The summed E-state index contributed by atoms with van der Waals surface area (Å²) in [6, 6.07) is 1.65. The van der Waals surface area contributed by atoms with Crippen molar-refractivity contribution in [3.63, 3.8) is 0 Å². The Hall–Kier alpha value is 0.250. The number of rotatable bonds is 1. The van der Waals surface area contributed by atoms with E-state index in [2.05, 4.69) is 12.2 Å². The molecule has 0 aromatic carbocycles. The maximum atomic E-state index is 3.76. The zero-order valence-corrected chi connectivity index (χ0v) is 9.41. The van der Waals surface area contributed by atoms with E-state index in [1.807, 2.05) is 0 Å². The SMILES string of the molecule is CC1CCCC(C2CCCC2)N1.Cl. The zero-order chi connectivity index (χ0) is 8.39. The minimum Gasteiger partial charge on any atom is -0.311 e. The van der Waals surface area contributed by atoms with E-state index in [0.717, 1.165) is 18.0 Å². The fourth-order valence-corrected chi connectivity index (χ4v) is 2.91. The molecule has 0 radical (unpaired) electrons. The summed E-state index contributed by atoms with van der Waals surface area (Å²) in [5.74, 6) is 1.02. The van der Waals surface area contributed by atoms with Crippen LogP contribution in [0.5, 0.6) is 0 Å². The van der Waals surface area contributed by atoms with Crippen LogP contribution >= 0.6 is 12.4 Å². The Morgan fingerprint density at radius 2 is 1.62 bits per heavy atom. The van der Waals surface area contributed by atoms with Crippen molar-refractivity contribution in [1.82, 2.24) is 5.32 Å². The van der Waals surface area contributed by atoms with E-state index in [0.29, 0.717) is 0 Å². The van der Waals surface area contributed by atoms with Gasteiger partial charge >= 0.3 is 0 Å². The fraction of sp³-hybridized carbons (Fsp3) is 1.00. The summed E-state index contributed by atoms with van der Waals surface area (Å²) in [4.78, 5) is 0. The molecule has 78 valence electrons. The molecular weight excluding hydrogens is 182 g/mol. The van der Waals surface area contributed by atoms with Gasteiger partial charge < -0.3 is 5.32 Å². The molecule has 0 spiro atoms. The maximum absolute atomic E-state index is 3.76. The second-order valence-electron chi connectivity index (χ2n) is 4.65. The third-order valence-electron chi connectivity index (χ3n) is 3.62. The smallest absolute Gasteiger partial charge is 0.00978 e. The Labute approximate surface area is 88.1 Å². The van der Waals surface area contributed by atoms with Crippen LogP contribution in [-0.2, 0) is 0 Å². The number of piperidine rings is 1. The van der Waals surface area contributed by atoms with Crippen molar-refractivity contribution in [2.45, 2.75) is 64.0 Å². The lowest BCUT2D eigenvalue weighted by Gasteiger charge is -2.32. The molecule has 0 aromatic heterocycles. The van der Waals surface area contributed by atoms with Gasteiger partial charge in [0.25, 0.3) is 0 Å². The third-order valence-corrected chi connectivity index (χ3v) is 3.62. The average molecular weight is 204 g/mol. The van der Waals surface area contributed by atoms with Crippen LogP contribution in [0.2, 0.25) is 0 Å². The molecule has 1 saturated carbocycles. The van der Waals surface area contributed by atoms with Crippen LogP contribution in [0.3, 0.4) is 0 Å². The molecule has 0 amide bonds. The number of nitrogens with one attached hydrogen (secondary N) is 1. The first-order valence-corrected chi connectivity index (χ1v) is 5.62. The first-order valence-electron chi connectivity index (χ1n) is 5.62. The first kappa shape index (κ1) is 11.3. The molecule has 2 rings (SSSR count). The summed E-state index contributed by atoms with van der Waals surface area (Å²) in [5.41, 5.74) is 0. The fourth-order valence-electron chi connectivity index (χ4n) is 2.91. The van der Waals surface area contributed by atoms with Crippen molar-refractivity contribution < 1.29 is 0 Å². The number of hydrogen-bond acceptors (Lipinski definition) is 1.